The van der Waals surface area contributed by atoms with Crippen LogP contribution in [-0.2, 0) is 6.54 Å². The van der Waals surface area contributed by atoms with Gasteiger partial charge in [0.05, 0.1) is 18.4 Å². The van der Waals surface area contributed by atoms with Crippen molar-refractivity contribution in [3.05, 3.63) is 42.4 Å². The Bertz CT molecular complexity index is 664. The van der Waals surface area contributed by atoms with E-state index >= 15 is 0 Å². The zero-order chi connectivity index (χ0) is 18.3. The van der Waals surface area contributed by atoms with E-state index in [0.29, 0.717) is 31.9 Å². The van der Waals surface area contributed by atoms with Crippen molar-refractivity contribution in [2.45, 2.75) is 33.7 Å². The first-order valence-electron chi connectivity index (χ1n) is 8.47. The molecule has 25 heavy (non-hydrogen) atoms. The van der Waals surface area contributed by atoms with Crippen molar-refractivity contribution in [2.24, 2.45) is 5.41 Å². The third-order valence-corrected chi connectivity index (χ3v) is 3.53. The van der Waals surface area contributed by atoms with Crippen molar-refractivity contribution in [3.8, 4) is 0 Å². The summed E-state index contributed by atoms with van der Waals surface area (Å²) in [5.41, 5.74) is 0.842. The number of aliphatic hydroxyl groups excluding tert-OH is 1. The summed E-state index contributed by atoms with van der Waals surface area (Å²) in [5.74, 6) is 0.624. The fraction of sp³-hybridized carbons (Fsp3) is 0.500. The standard InChI is InChI=1S/C18H27N5O2/c1-18(2,3)14-22(11-6-12-24)17(25)21-16-8-10-20-23(16)13-15-7-4-5-9-19-15/h4-5,7-10,24H,6,11-14H2,1-3H3,(H,21,25). The Hall–Kier alpha value is -2.41. The molecular formula is C18H27N5O2. The molecule has 7 heteroatoms. The molecule has 0 aliphatic carbocycles. The fourth-order valence-corrected chi connectivity index (χ4v) is 2.49. The van der Waals surface area contributed by atoms with Gasteiger partial charge < -0.3 is 10.0 Å². The number of urea groups is 1. The molecule has 2 aromatic heterocycles. The highest BCUT2D eigenvalue weighted by Crippen LogP contribution is 2.17. The molecular weight excluding hydrogens is 318 g/mol. The molecule has 0 saturated carbocycles. The first-order valence-corrected chi connectivity index (χ1v) is 8.47. The van der Waals surface area contributed by atoms with Crippen LogP contribution in [0.25, 0.3) is 0 Å². The van der Waals surface area contributed by atoms with Gasteiger partial charge in [0.15, 0.2) is 0 Å². The van der Waals surface area contributed by atoms with E-state index in [2.05, 4.69) is 36.2 Å². The van der Waals surface area contributed by atoms with Crippen molar-refractivity contribution in [2.75, 3.05) is 25.0 Å². The van der Waals surface area contributed by atoms with Crippen molar-refractivity contribution in [1.82, 2.24) is 19.7 Å². The van der Waals surface area contributed by atoms with Crippen LogP contribution in [0.3, 0.4) is 0 Å². The van der Waals surface area contributed by atoms with Gasteiger partial charge in [0.1, 0.15) is 5.82 Å². The summed E-state index contributed by atoms with van der Waals surface area (Å²) in [4.78, 5) is 18.7. The smallest absolute Gasteiger partial charge is 0.323 e. The van der Waals surface area contributed by atoms with Crippen molar-refractivity contribution < 1.29 is 9.90 Å². The predicted molar refractivity (Wildman–Crippen MR) is 97.3 cm³/mol. The topological polar surface area (TPSA) is 83.3 Å². The lowest BCUT2D eigenvalue weighted by molar-refractivity contribution is 0.175. The summed E-state index contributed by atoms with van der Waals surface area (Å²) in [6.45, 7) is 7.90. The second-order valence-electron chi connectivity index (χ2n) is 7.18. The largest absolute Gasteiger partial charge is 0.396 e. The number of aliphatic hydroxyl groups is 1. The molecule has 0 saturated heterocycles. The minimum Gasteiger partial charge on any atom is -0.396 e. The maximum Gasteiger partial charge on any atom is 0.323 e. The third kappa shape index (κ3) is 6.19. The van der Waals surface area contributed by atoms with Gasteiger partial charge in [0.25, 0.3) is 0 Å². The first-order chi connectivity index (χ1) is 11.9. The Labute approximate surface area is 148 Å². The molecule has 0 aliphatic heterocycles. The quantitative estimate of drug-likeness (QED) is 0.808. The number of amides is 2. The van der Waals surface area contributed by atoms with E-state index in [1.54, 1.807) is 28.0 Å². The predicted octanol–water partition coefficient (Wildman–Crippen LogP) is 2.59. The molecule has 0 spiro atoms. The van der Waals surface area contributed by atoms with Crippen molar-refractivity contribution in [1.29, 1.82) is 0 Å². The van der Waals surface area contributed by atoms with E-state index in [0.717, 1.165) is 5.69 Å². The summed E-state index contributed by atoms with van der Waals surface area (Å²) >= 11 is 0. The van der Waals surface area contributed by atoms with Crippen LogP contribution in [0.15, 0.2) is 36.7 Å². The molecule has 0 radical (unpaired) electrons. The Morgan fingerprint density at radius 2 is 2.08 bits per heavy atom. The number of carbonyl (C=O) groups is 1. The van der Waals surface area contributed by atoms with Crippen LogP contribution in [0.4, 0.5) is 10.6 Å². The van der Waals surface area contributed by atoms with Gasteiger partial charge in [0, 0.05) is 32.0 Å². The number of nitrogens with zero attached hydrogens (tertiary/aromatic N) is 4. The number of carbonyl (C=O) groups excluding carboxylic acids is 1. The maximum absolute atomic E-state index is 12.7. The van der Waals surface area contributed by atoms with E-state index < -0.39 is 0 Å². The molecule has 2 rings (SSSR count). The van der Waals surface area contributed by atoms with Crippen LogP contribution in [-0.4, -0.2) is 50.5 Å². The highest BCUT2D eigenvalue weighted by molar-refractivity contribution is 5.88. The van der Waals surface area contributed by atoms with Gasteiger partial charge in [-0.3, -0.25) is 10.3 Å². The lowest BCUT2D eigenvalue weighted by atomic mass is 9.96. The van der Waals surface area contributed by atoms with Gasteiger partial charge in [-0.05, 0) is 24.0 Å². The Morgan fingerprint density at radius 3 is 2.72 bits per heavy atom. The van der Waals surface area contributed by atoms with Crippen molar-refractivity contribution >= 4 is 11.8 Å². The number of rotatable bonds is 7. The van der Waals surface area contributed by atoms with Crippen LogP contribution in [0, 0.1) is 5.41 Å². The van der Waals surface area contributed by atoms with E-state index in [1.807, 2.05) is 18.2 Å². The molecule has 0 aliphatic rings. The monoisotopic (exact) mass is 345 g/mol. The Kier molecular flexibility index (Phi) is 6.52. The zero-order valence-corrected chi connectivity index (χ0v) is 15.1. The van der Waals surface area contributed by atoms with E-state index in [1.165, 1.54) is 0 Å². The fourth-order valence-electron chi connectivity index (χ4n) is 2.49. The van der Waals surface area contributed by atoms with Gasteiger partial charge in [-0.1, -0.05) is 26.8 Å². The average molecular weight is 345 g/mol. The van der Waals surface area contributed by atoms with Crippen LogP contribution < -0.4 is 5.32 Å². The molecule has 2 N–H and O–H groups in total. The Morgan fingerprint density at radius 1 is 1.28 bits per heavy atom. The van der Waals surface area contributed by atoms with E-state index in [4.69, 9.17) is 5.11 Å². The number of hydrogen-bond donors (Lipinski definition) is 2. The first kappa shape index (κ1) is 18.9. The lowest BCUT2D eigenvalue weighted by Gasteiger charge is -2.30. The second kappa shape index (κ2) is 8.62. The third-order valence-electron chi connectivity index (χ3n) is 3.53. The summed E-state index contributed by atoms with van der Waals surface area (Å²) in [7, 11) is 0. The van der Waals surface area contributed by atoms with Gasteiger partial charge in [-0.2, -0.15) is 5.10 Å². The Balaban J connectivity index is 2.06. The number of pyridine rings is 1. The summed E-state index contributed by atoms with van der Waals surface area (Å²) in [5, 5.41) is 16.3. The summed E-state index contributed by atoms with van der Waals surface area (Å²) < 4.78 is 1.71. The average Bonchev–Trinajstić information content (AvgIpc) is 2.98. The van der Waals surface area contributed by atoms with Gasteiger partial charge in [0.2, 0.25) is 0 Å². The van der Waals surface area contributed by atoms with Gasteiger partial charge in [-0.15, -0.1) is 0 Å². The van der Waals surface area contributed by atoms with Gasteiger partial charge >= 0.3 is 6.03 Å². The highest BCUT2D eigenvalue weighted by atomic mass is 16.3. The molecule has 2 amide bonds. The number of hydrogen-bond acceptors (Lipinski definition) is 4. The molecule has 0 atom stereocenters. The van der Waals surface area contributed by atoms with Crippen LogP contribution in [0.5, 0.6) is 0 Å². The molecule has 2 aromatic rings. The van der Waals surface area contributed by atoms with Crippen LogP contribution >= 0.6 is 0 Å². The molecule has 0 bridgehead atoms. The van der Waals surface area contributed by atoms with Gasteiger partial charge in [-0.25, -0.2) is 9.48 Å². The number of aromatic nitrogens is 3. The minimum absolute atomic E-state index is 0.0268. The highest BCUT2D eigenvalue weighted by Gasteiger charge is 2.21. The van der Waals surface area contributed by atoms with E-state index in [-0.39, 0.29) is 18.1 Å². The molecule has 0 unspecified atom stereocenters. The molecule has 0 fully saturated rings. The van der Waals surface area contributed by atoms with Crippen LogP contribution in [0.2, 0.25) is 0 Å². The van der Waals surface area contributed by atoms with E-state index in [9.17, 15) is 4.79 Å². The molecule has 136 valence electrons. The molecule has 7 nitrogen and oxygen atoms in total. The maximum atomic E-state index is 12.7. The summed E-state index contributed by atoms with van der Waals surface area (Å²) in [6.07, 6.45) is 3.94. The zero-order valence-electron chi connectivity index (χ0n) is 15.1. The lowest BCUT2D eigenvalue weighted by Crippen LogP contribution is -2.41. The number of nitrogens with one attached hydrogen (secondary N) is 1. The van der Waals surface area contributed by atoms with Crippen molar-refractivity contribution in [3.63, 3.8) is 0 Å². The SMILES string of the molecule is CC(C)(C)CN(CCCO)C(=O)Nc1ccnn1Cc1ccccn1. The minimum atomic E-state index is -0.189. The molecule has 0 aromatic carbocycles. The summed E-state index contributed by atoms with van der Waals surface area (Å²) in [6, 6.07) is 7.28. The number of anilines is 1. The molecule has 2 heterocycles. The normalized spacial score (nSPS) is 11.4. The van der Waals surface area contributed by atoms with Crippen LogP contribution in [0.1, 0.15) is 32.9 Å². The second-order valence-corrected chi connectivity index (χ2v) is 7.18.